The lowest BCUT2D eigenvalue weighted by Crippen LogP contribution is -2.61. The lowest BCUT2D eigenvalue weighted by atomic mass is 9.74. The van der Waals surface area contributed by atoms with Gasteiger partial charge in [-0.2, -0.15) is 11.8 Å². The largest absolute Gasteiger partial charge is 0.325 e. The Morgan fingerprint density at radius 3 is 2.26 bits per heavy atom. The number of sulfone groups is 1. The van der Waals surface area contributed by atoms with Gasteiger partial charge in [0.2, 0.25) is 5.91 Å². The van der Waals surface area contributed by atoms with Crippen LogP contribution < -0.4 is 5.73 Å². The maximum Gasteiger partial charge on any atom is 0.231 e. The van der Waals surface area contributed by atoms with Crippen molar-refractivity contribution in [3.05, 3.63) is 0 Å². The third kappa shape index (κ3) is 3.44. The van der Waals surface area contributed by atoms with Gasteiger partial charge in [0, 0.05) is 29.8 Å². The minimum absolute atomic E-state index is 0.185. The molecule has 0 aromatic carbocycles. The van der Waals surface area contributed by atoms with E-state index in [1.165, 1.54) is 11.2 Å². The Morgan fingerprint density at radius 2 is 1.84 bits per heavy atom. The molecule has 1 fully saturated rings. The number of carbonyl (C=O) groups excluding carboxylic acids is 1. The highest BCUT2D eigenvalue weighted by Gasteiger charge is 2.46. The molecule has 7 heteroatoms. The number of rotatable bonds is 3. The Morgan fingerprint density at radius 1 is 1.32 bits per heavy atom. The van der Waals surface area contributed by atoms with Gasteiger partial charge in [-0.1, -0.05) is 0 Å². The topological polar surface area (TPSA) is 80.5 Å². The monoisotopic (exact) mass is 308 g/mol. The van der Waals surface area contributed by atoms with Gasteiger partial charge in [-0.15, -0.1) is 0 Å². The van der Waals surface area contributed by atoms with Crippen molar-refractivity contribution in [2.75, 3.05) is 24.3 Å². The molecule has 0 radical (unpaired) electrons. The van der Waals surface area contributed by atoms with Gasteiger partial charge in [0.25, 0.3) is 0 Å². The minimum atomic E-state index is -3.28. The Bertz CT molecular complexity index is 452. The molecule has 0 spiro atoms. The average molecular weight is 308 g/mol. The molecule has 1 heterocycles. The molecule has 1 amide bonds. The quantitative estimate of drug-likeness (QED) is 0.830. The summed E-state index contributed by atoms with van der Waals surface area (Å²) >= 11 is 1.56. The zero-order valence-electron chi connectivity index (χ0n) is 12.3. The fourth-order valence-electron chi connectivity index (χ4n) is 1.80. The molecule has 19 heavy (non-hydrogen) atoms. The van der Waals surface area contributed by atoms with Crippen LogP contribution in [0.5, 0.6) is 0 Å². The molecule has 1 aliphatic rings. The van der Waals surface area contributed by atoms with Crippen LogP contribution in [0.4, 0.5) is 0 Å². The van der Waals surface area contributed by atoms with E-state index in [0.717, 1.165) is 5.75 Å². The Hall–Kier alpha value is -0.270. The van der Waals surface area contributed by atoms with Crippen LogP contribution in [0.25, 0.3) is 0 Å². The number of nitrogens with two attached hydrogens (primary N) is 1. The zero-order valence-corrected chi connectivity index (χ0v) is 13.9. The predicted molar refractivity (Wildman–Crippen MR) is 79.7 cm³/mol. The lowest BCUT2D eigenvalue weighted by molar-refractivity contribution is -0.143. The molecule has 2 N–H and O–H groups in total. The van der Waals surface area contributed by atoms with E-state index in [0.29, 0.717) is 12.3 Å². The number of hydrogen-bond donors (Lipinski definition) is 1. The van der Waals surface area contributed by atoms with Crippen molar-refractivity contribution in [3.8, 4) is 0 Å². The molecule has 112 valence electrons. The maximum atomic E-state index is 12.7. The number of thioether (sulfide) groups is 1. The molecule has 1 rings (SSSR count). The molecular weight excluding hydrogens is 284 g/mol. The van der Waals surface area contributed by atoms with Crippen LogP contribution >= 0.6 is 11.8 Å². The fourth-order valence-corrected chi connectivity index (χ4v) is 4.62. The smallest absolute Gasteiger partial charge is 0.231 e. The van der Waals surface area contributed by atoms with Crippen molar-refractivity contribution >= 4 is 27.5 Å². The van der Waals surface area contributed by atoms with Crippen LogP contribution in [-0.4, -0.2) is 54.4 Å². The number of carbonyl (C=O) groups is 1. The van der Waals surface area contributed by atoms with Crippen molar-refractivity contribution in [2.45, 2.75) is 38.6 Å². The van der Waals surface area contributed by atoms with Crippen LogP contribution in [0, 0.1) is 5.41 Å². The van der Waals surface area contributed by atoms with Gasteiger partial charge in [0.15, 0.2) is 9.84 Å². The SMILES string of the molecule is CC(C)(N)C(C)(C)C(=O)N1CCSCC1S(C)(=O)=O. The molecule has 1 aliphatic heterocycles. The average Bonchev–Trinajstić information content (AvgIpc) is 2.25. The van der Waals surface area contributed by atoms with E-state index >= 15 is 0 Å². The van der Waals surface area contributed by atoms with Gasteiger partial charge < -0.3 is 10.6 Å². The summed E-state index contributed by atoms with van der Waals surface area (Å²) in [4.78, 5) is 14.2. The summed E-state index contributed by atoms with van der Waals surface area (Å²) in [5, 5.41) is -0.736. The molecule has 0 bridgehead atoms. The van der Waals surface area contributed by atoms with E-state index in [4.69, 9.17) is 5.73 Å². The van der Waals surface area contributed by atoms with Gasteiger partial charge >= 0.3 is 0 Å². The fraction of sp³-hybridized carbons (Fsp3) is 0.917. The number of hydrogen-bond acceptors (Lipinski definition) is 5. The highest BCUT2D eigenvalue weighted by atomic mass is 32.2. The second-order valence-corrected chi connectivity index (χ2v) is 9.56. The van der Waals surface area contributed by atoms with Gasteiger partial charge in [-0.3, -0.25) is 4.79 Å². The number of amides is 1. The second-order valence-electron chi connectivity index (χ2n) is 6.20. The van der Waals surface area contributed by atoms with Crippen molar-refractivity contribution in [2.24, 2.45) is 11.1 Å². The summed E-state index contributed by atoms with van der Waals surface area (Å²) < 4.78 is 23.7. The van der Waals surface area contributed by atoms with Crippen LogP contribution in [0.2, 0.25) is 0 Å². The first-order valence-electron chi connectivity index (χ1n) is 6.25. The van der Waals surface area contributed by atoms with E-state index in [-0.39, 0.29) is 5.91 Å². The van der Waals surface area contributed by atoms with E-state index < -0.39 is 26.2 Å². The summed E-state index contributed by atoms with van der Waals surface area (Å²) in [6.45, 7) is 7.59. The molecule has 1 saturated heterocycles. The summed E-state index contributed by atoms with van der Waals surface area (Å²) in [6.07, 6.45) is 1.18. The van der Waals surface area contributed by atoms with Crippen molar-refractivity contribution in [1.82, 2.24) is 4.90 Å². The molecule has 0 saturated carbocycles. The Labute approximate surface area is 120 Å². The third-order valence-corrected chi connectivity index (χ3v) is 6.63. The molecule has 5 nitrogen and oxygen atoms in total. The zero-order chi connectivity index (χ0) is 15.1. The summed E-state index contributed by atoms with van der Waals surface area (Å²) in [7, 11) is -3.28. The first kappa shape index (κ1) is 16.8. The van der Waals surface area contributed by atoms with Gasteiger partial charge in [-0.05, 0) is 27.7 Å². The molecule has 0 aliphatic carbocycles. The van der Waals surface area contributed by atoms with Crippen LogP contribution in [-0.2, 0) is 14.6 Å². The van der Waals surface area contributed by atoms with Gasteiger partial charge in [0.1, 0.15) is 5.37 Å². The minimum Gasteiger partial charge on any atom is -0.325 e. The predicted octanol–water partition coefficient (Wildman–Crippen LogP) is 0.696. The van der Waals surface area contributed by atoms with Crippen LogP contribution in [0.3, 0.4) is 0 Å². The van der Waals surface area contributed by atoms with Crippen molar-refractivity contribution in [3.63, 3.8) is 0 Å². The Kier molecular flexibility index (Phi) is 4.64. The third-order valence-electron chi connectivity index (χ3n) is 3.99. The summed E-state index contributed by atoms with van der Waals surface area (Å²) in [5.74, 6) is 1.01. The highest BCUT2D eigenvalue weighted by molar-refractivity contribution is 8.00. The highest BCUT2D eigenvalue weighted by Crippen LogP contribution is 2.33. The summed E-state index contributed by atoms with van der Waals surface area (Å²) in [6, 6.07) is 0. The van der Waals surface area contributed by atoms with E-state index in [1.54, 1.807) is 39.5 Å². The van der Waals surface area contributed by atoms with Gasteiger partial charge in [-0.25, -0.2) is 8.42 Å². The standard InChI is InChI=1S/C12H24N2O3S2/c1-11(2,12(3,4)13)10(15)14-6-7-18-8-9(14)19(5,16)17/h9H,6-8,13H2,1-5H3. The molecule has 0 aromatic rings. The van der Waals surface area contributed by atoms with Gasteiger partial charge in [0.05, 0.1) is 5.41 Å². The van der Waals surface area contributed by atoms with E-state index in [2.05, 4.69) is 0 Å². The lowest BCUT2D eigenvalue weighted by Gasteiger charge is -2.44. The first-order valence-corrected chi connectivity index (χ1v) is 9.36. The molecule has 1 unspecified atom stereocenters. The van der Waals surface area contributed by atoms with Crippen molar-refractivity contribution < 1.29 is 13.2 Å². The Balaban J connectivity index is 3.09. The second kappa shape index (κ2) is 5.26. The van der Waals surface area contributed by atoms with Crippen LogP contribution in [0.1, 0.15) is 27.7 Å². The first-order chi connectivity index (χ1) is 8.39. The van der Waals surface area contributed by atoms with E-state index in [9.17, 15) is 13.2 Å². The normalized spacial score (nSPS) is 22.4. The molecule has 1 atom stereocenters. The van der Waals surface area contributed by atoms with E-state index in [1.807, 2.05) is 0 Å². The summed E-state index contributed by atoms with van der Waals surface area (Å²) in [5.41, 5.74) is 4.55. The maximum absolute atomic E-state index is 12.7. The molecule has 0 aromatic heterocycles. The number of nitrogens with zero attached hydrogens (tertiary/aromatic N) is 1. The van der Waals surface area contributed by atoms with Crippen molar-refractivity contribution in [1.29, 1.82) is 0 Å². The van der Waals surface area contributed by atoms with Crippen LogP contribution in [0.15, 0.2) is 0 Å². The molecular formula is C12H24N2O3S2.